The molecule has 0 saturated heterocycles. The van der Waals surface area contributed by atoms with Crippen LogP contribution < -0.4 is 0 Å². The Hall–Kier alpha value is -2.41. The molecule has 28 heavy (non-hydrogen) atoms. The average molecular weight is 398 g/mol. The molecule has 0 aliphatic carbocycles. The number of carbonyl (C=O) groups is 1. The lowest BCUT2D eigenvalue weighted by Crippen LogP contribution is -2.26. The molecule has 0 aromatic carbocycles. The third-order valence-corrected chi connectivity index (χ3v) is 3.68. The predicted octanol–water partition coefficient (Wildman–Crippen LogP) is 0.0803. The molecular weight excluding hydrogens is 372 g/mol. The van der Waals surface area contributed by atoms with Gasteiger partial charge in [0.05, 0.1) is 58.0 Å². The molecule has 156 valence electrons. The van der Waals surface area contributed by atoms with Crippen molar-refractivity contribution in [2.24, 2.45) is 5.92 Å². The molecule has 0 radical (unpaired) electrons. The van der Waals surface area contributed by atoms with Gasteiger partial charge < -0.3 is 19.1 Å². The highest BCUT2D eigenvalue weighted by Gasteiger charge is 2.21. The number of rotatable bonds is 14. The maximum absolute atomic E-state index is 11.4. The van der Waals surface area contributed by atoms with Crippen molar-refractivity contribution in [2.75, 3.05) is 33.0 Å². The summed E-state index contributed by atoms with van der Waals surface area (Å²) in [6.45, 7) is 6.64. The fourth-order valence-corrected chi connectivity index (χ4v) is 2.26. The lowest BCUT2D eigenvalue weighted by molar-refractivity contribution is -0.242. The number of ether oxygens (including phenoxy) is 3. The van der Waals surface area contributed by atoms with Gasteiger partial charge in [-0.25, -0.2) is 14.2 Å². The summed E-state index contributed by atoms with van der Waals surface area (Å²) in [5.41, 5.74) is 1.49. The molecule has 2 heterocycles. The van der Waals surface area contributed by atoms with E-state index >= 15 is 0 Å². The van der Waals surface area contributed by atoms with Gasteiger partial charge in [-0.3, -0.25) is 0 Å². The summed E-state index contributed by atoms with van der Waals surface area (Å²) in [6, 6.07) is 0. The molecule has 0 bridgehead atoms. The summed E-state index contributed by atoms with van der Waals surface area (Å²) in [4.78, 5) is 15.2. The van der Waals surface area contributed by atoms with E-state index in [-0.39, 0.29) is 19.8 Å². The first-order chi connectivity index (χ1) is 13.6. The minimum Gasteiger partial charge on any atom is -0.381 e. The standard InChI is InChI=1S/C16H26N6O6/c1-3-25-10-14(16(23)28-24)11-27-12-15-9-22(20-18-15)5-7-26-6-4-21-8-13(2)17-19-21/h8-9,14,24H,3-7,10-12H2,1-2H3. The van der Waals surface area contributed by atoms with Gasteiger partial charge in [0.2, 0.25) is 0 Å². The molecule has 0 saturated carbocycles. The maximum Gasteiger partial charge on any atom is 0.349 e. The first-order valence-electron chi connectivity index (χ1n) is 8.96. The average Bonchev–Trinajstić information content (AvgIpc) is 3.32. The molecule has 2 aromatic rings. The summed E-state index contributed by atoms with van der Waals surface area (Å²) in [5, 5.41) is 24.4. The SMILES string of the molecule is CCOCC(COCc1cn(CCOCCn2cc(C)nn2)nn1)C(=O)OO. The highest BCUT2D eigenvalue weighted by atomic mass is 17.1. The Morgan fingerprint density at radius 1 is 1.07 bits per heavy atom. The number of hydrogen-bond acceptors (Lipinski definition) is 10. The van der Waals surface area contributed by atoms with E-state index in [1.807, 2.05) is 13.1 Å². The Kier molecular flexibility index (Phi) is 9.48. The van der Waals surface area contributed by atoms with E-state index < -0.39 is 11.9 Å². The van der Waals surface area contributed by atoms with Crippen molar-refractivity contribution in [1.29, 1.82) is 0 Å². The molecule has 2 rings (SSSR count). The Balaban J connectivity index is 1.62. The zero-order valence-electron chi connectivity index (χ0n) is 16.1. The van der Waals surface area contributed by atoms with Gasteiger partial charge in [0.15, 0.2) is 0 Å². The zero-order valence-corrected chi connectivity index (χ0v) is 16.1. The molecule has 1 unspecified atom stereocenters. The molecule has 2 aromatic heterocycles. The molecule has 0 aliphatic rings. The molecule has 0 fully saturated rings. The first kappa shape index (κ1) is 21.9. The lowest BCUT2D eigenvalue weighted by atomic mass is 10.2. The van der Waals surface area contributed by atoms with E-state index in [2.05, 4.69) is 25.5 Å². The van der Waals surface area contributed by atoms with Crippen LogP contribution in [0.5, 0.6) is 0 Å². The molecule has 12 nitrogen and oxygen atoms in total. The van der Waals surface area contributed by atoms with Gasteiger partial charge in [-0.05, 0) is 13.8 Å². The molecule has 0 spiro atoms. The highest BCUT2D eigenvalue weighted by Crippen LogP contribution is 2.05. The van der Waals surface area contributed by atoms with Crippen LogP contribution in [0.1, 0.15) is 18.3 Å². The topological polar surface area (TPSA) is 136 Å². The van der Waals surface area contributed by atoms with Gasteiger partial charge >= 0.3 is 5.97 Å². The van der Waals surface area contributed by atoms with Crippen LogP contribution in [0.4, 0.5) is 0 Å². The largest absolute Gasteiger partial charge is 0.381 e. The van der Waals surface area contributed by atoms with Crippen LogP contribution in [-0.4, -0.2) is 74.2 Å². The Morgan fingerprint density at radius 2 is 1.75 bits per heavy atom. The van der Waals surface area contributed by atoms with Gasteiger partial charge in [0, 0.05) is 12.8 Å². The van der Waals surface area contributed by atoms with Crippen molar-refractivity contribution in [3.63, 3.8) is 0 Å². The summed E-state index contributed by atoms with van der Waals surface area (Å²) in [7, 11) is 0. The van der Waals surface area contributed by atoms with Crippen LogP contribution in [0.2, 0.25) is 0 Å². The van der Waals surface area contributed by atoms with Gasteiger partial charge in [0.1, 0.15) is 11.6 Å². The summed E-state index contributed by atoms with van der Waals surface area (Å²) in [5.74, 6) is -1.50. The Bertz CT molecular complexity index is 705. The van der Waals surface area contributed by atoms with E-state index in [1.54, 1.807) is 22.5 Å². The van der Waals surface area contributed by atoms with E-state index in [0.29, 0.717) is 38.6 Å². The summed E-state index contributed by atoms with van der Waals surface area (Å²) >= 11 is 0. The zero-order chi connectivity index (χ0) is 20.2. The van der Waals surface area contributed by atoms with E-state index in [0.717, 1.165) is 5.69 Å². The third kappa shape index (κ3) is 7.68. The molecular formula is C16H26N6O6. The van der Waals surface area contributed by atoms with E-state index in [9.17, 15) is 4.79 Å². The van der Waals surface area contributed by atoms with Crippen molar-refractivity contribution < 1.29 is 29.1 Å². The van der Waals surface area contributed by atoms with Crippen LogP contribution >= 0.6 is 0 Å². The van der Waals surface area contributed by atoms with E-state index in [4.69, 9.17) is 19.5 Å². The van der Waals surface area contributed by atoms with Crippen LogP contribution in [0, 0.1) is 12.8 Å². The second-order valence-corrected chi connectivity index (χ2v) is 5.99. The number of aryl methyl sites for hydroxylation is 1. The van der Waals surface area contributed by atoms with Crippen LogP contribution in [0.15, 0.2) is 12.4 Å². The van der Waals surface area contributed by atoms with Crippen LogP contribution in [0.3, 0.4) is 0 Å². The molecule has 1 atom stereocenters. The molecule has 12 heteroatoms. The van der Waals surface area contributed by atoms with Crippen molar-refractivity contribution in [1.82, 2.24) is 30.0 Å². The monoisotopic (exact) mass is 398 g/mol. The number of hydrogen-bond donors (Lipinski definition) is 1. The van der Waals surface area contributed by atoms with Crippen molar-refractivity contribution in [2.45, 2.75) is 33.5 Å². The van der Waals surface area contributed by atoms with Crippen LogP contribution in [0.25, 0.3) is 0 Å². The summed E-state index contributed by atoms with van der Waals surface area (Å²) < 4.78 is 19.6. The van der Waals surface area contributed by atoms with Crippen molar-refractivity contribution in [3.05, 3.63) is 23.8 Å². The van der Waals surface area contributed by atoms with E-state index in [1.165, 1.54) is 0 Å². The van der Waals surface area contributed by atoms with Crippen molar-refractivity contribution >= 4 is 5.97 Å². The summed E-state index contributed by atoms with van der Waals surface area (Å²) in [6.07, 6.45) is 3.60. The van der Waals surface area contributed by atoms with Gasteiger partial charge in [-0.1, -0.05) is 10.4 Å². The Morgan fingerprint density at radius 3 is 2.39 bits per heavy atom. The van der Waals surface area contributed by atoms with Gasteiger partial charge in [-0.15, -0.1) is 10.2 Å². The van der Waals surface area contributed by atoms with Crippen LogP contribution in [-0.2, 0) is 43.6 Å². The first-order valence-corrected chi connectivity index (χ1v) is 8.96. The third-order valence-electron chi connectivity index (χ3n) is 3.68. The fraction of sp³-hybridized carbons (Fsp3) is 0.688. The minimum absolute atomic E-state index is 0.0388. The maximum atomic E-state index is 11.4. The second kappa shape index (κ2) is 12.1. The number of aromatic nitrogens is 6. The highest BCUT2D eigenvalue weighted by molar-refractivity contribution is 5.71. The molecule has 0 aliphatic heterocycles. The number of nitrogens with zero attached hydrogens (tertiary/aromatic N) is 6. The van der Waals surface area contributed by atoms with Gasteiger partial charge in [-0.2, -0.15) is 5.26 Å². The molecule has 1 N–H and O–H groups in total. The Labute approximate surface area is 162 Å². The second-order valence-electron chi connectivity index (χ2n) is 5.99. The molecule has 0 amide bonds. The van der Waals surface area contributed by atoms with Crippen molar-refractivity contribution in [3.8, 4) is 0 Å². The number of carbonyl (C=O) groups excluding carboxylic acids is 1. The smallest absolute Gasteiger partial charge is 0.349 e. The predicted molar refractivity (Wildman–Crippen MR) is 94.0 cm³/mol. The lowest BCUT2D eigenvalue weighted by Gasteiger charge is -2.12. The van der Waals surface area contributed by atoms with Gasteiger partial charge in [0.25, 0.3) is 0 Å². The fourth-order valence-electron chi connectivity index (χ4n) is 2.26. The normalized spacial score (nSPS) is 12.2. The quantitative estimate of drug-likeness (QED) is 0.265. The minimum atomic E-state index is -0.796.